The summed E-state index contributed by atoms with van der Waals surface area (Å²) in [7, 11) is 4.05. The van der Waals surface area contributed by atoms with Crippen LogP contribution in [0.2, 0.25) is 0 Å². The summed E-state index contributed by atoms with van der Waals surface area (Å²) in [6.45, 7) is 4.00. The van der Waals surface area contributed by atoms with Gasteiger partial charge in [-0.3, -0.25) is 10.4 Å². The minimum atomic E-state index is 0.934. The van der Waals surface area contributed by atoms with E-state index in [2.05, 4.69) is 32.9 Å². The van der Waals surface area contributed by atoms with E-state index >= 15 is 0 Å². The van der Waals surface area contributed by atoms with Crippen molar-refractivity contribution < 1.29 is 0 Å². The van der Waals surface area contributed by atoms with E-state index in [0.717, 1.165) is 11.4 Å². The van der Waals surface area contributed by atoms with Gasteiger partial charge in [0.15, 0.2) is 0 Å². The molecule has 4 heteroatoms. The molecule has 0 radical (unpaired) electrons. The Morgan fingerprint density at radius 3 is 2.05 bits per heavy atom. The van der Waals surface area contributed by atoms with Gasteiger partial charge in [0.25, 0.3) is 0 Å². The molecule has 1 aromatic carbocycles. The van der Waals surface area contributed by atoms with Crippen LogP contribution in [0.25, 0.3) is 0 Å². The summed E-state index contributed by atoms with van der Waals surface area (Å²) >= 11 is 0. The van der Waals surface area contributed by atoms with Gasteiger partial charge in [-0.1, -0.05) is 13.8 Å². The van der Waals surface area contributed by atoms with E-state index in [4.69, 9.17) is 0 Å². The maximum Gasteiger partial charge on any atom is 0.0723 e. The number of hydrogen-bond donors (Lipinski definition) is 2. The summed E-state index contributed by atoms with van der Waals surface area (Å²) in [6, 6.07) is 12.0. The highest BCUT2D eigenvalue weighted by atomic mass is 15.4. The molecule has 4 nitrogen and oxygen atoms in total. The predicted octanol–water partition coefficient (Wildman–Crippen LogP) is 3.61. The van der Waals surface area contributed by atoms with Gasteiger partial charge in [0.2, 0.25) is 0 Å². The van der Waals surface area contributed by atoms with Gasteiger partial charge in [-0.25, -0.2) is 0 Å². The van der Waals surface area contributed by atoms with Gasteiger partial charge in [0.1, 0.15) is 0 Å². The Bertz CT molecular complexity index is 451. The fourth-order valence-corrected chi connectivity index (χ4v) is 1.42. The van der Waals surface area contributed by atoms with Crippen LogP contribution >= 0.6 is 0 Å². The van der Waals surface area contributed by atoms with Crippen LogP contribution in [-0.2, 0) is 0 Å². The van der Waals surface area contributed by atoms with Crippen molar-refractivity contribution in [1.29, 1.82) is 0 Å². The van der Waals surface area contributed by atoms with Gasteiger partial charge in [-0.05, 0) is 36.4 Å². The number of pyridine rings is 1. The lowest BCUT2D eigenvalue weighted by Gasteiger charge is -2.14. The Kier molecular flexibility index (Phi) is 6.22. The van der Waals surface area contributed by atoms with E-state index in [9.17, 15) is 0 Å². The second-order valence-electron chi connectivity index (χ2n) is 3.93. The molecule has 1 heterocycles. The van der Waals surface area contributed by atoms with Crippen molar-refractivity contribution in [3.63, 3.8) is 0 Å². The summed E-state index contributed by atoms with van der Waals surface area (Å²) in [5, 5.41) is 0. The summed E-state index contributed by atoms with van der Waals surface area (Å²) < 4.78 is 0. The molecule has 0 unspecified atom stereocenters. The van der Waals surface area contributed by atoms with Crippen LogP contribution in [0.1, 0.15) is 13.8 Å². The van der Waals surface area contributed by atoms with Crippen LogP contribution in [0.4, 0.5) is 17.1 Å². The zero-order valence-electron chi connectivity index (χ0n) is 12.0. The zero-order chi connectivity index (χ0) is 14.1. The maximum atomic E-state index is 4.03. The highest BCUT2D eigenvalue weighted by Gasteiger charge is 1.95. The molecule has 0 bridgehead atoms. The van der Waals surface area contributed by atoms with Crippen molar-refractivity contribution in [2.45, 2.75) is 13.8 Å². The number of rotatable bonds is 4. The number of hydrogen-bond acceptors (Lipinski definition) is 4. The van der Waals surface area contributed by atoms with E-state index in [0.29, 0.717) is 0 Å². The number of aromatic nitrogens is 1. The summed E-state index contributed by atoms with van der Waals surface area (Å²) in [5.74, 6) is 0. The Labute approximate surface area is 115 Å². The third-order valence-electron chi connectivity index (χ3n) is 2.40. The Morgan fingerprint density at radius 1 is 0.895 bits per heavy atom. The first kappa shape index (κ1) is 14.8. The first-order chi connectivity index (χ1) is 9.25. The molecular formula is C15H22N4. The Morgan fingerprint density at radius 2 is 1.53 bits per heavy atom. The van der Waals surface area contributed by atoms with Crippen molar-refractivity contribution in [3.8, 4) is 0 Å². The van der Waals surface area contributed by atoms with Gasteiger partial charge in [-0.15, -0.1) is 0 Å². The lowest BCUT2D eigenvalue weighted by atomic mass is 10.3. The molecule has 0 aliphatic carbocycles. The summed E-state index contributed by atoms with van der Waals surface area (Å²) in [5.41, 5.74) is 9.33. The third kappa shape index (κ3) is 4.87. The first-order valence-electron chi connectivity index (χ1n) is 6.45. The molecular weight excluding hydrogens is 236 g/mol. The van der Waals surface area contributed by atoms with E-state index in [-0.39, 0.29) is 0 Å². The average molecular weight is 258 g/mol. The summed E-state index contributed by atoms with van der Waals surface area (Å²) in [6.07, 6.45) is 3.51. The smallest absolute Gasteiger partial charge is 0.0723 e. The monoisotopic (exact) mass is 258 g/mol. The number of hydrazine groups is 1. The first-order valence-corrected chi connectivity index (χ1v) is 6.45. The highest BCUT2D eigenvalue weighted by molar-refractivity contribution is 5.57. The van der Waals surface area contributed by atoms with Crippen molar-refractivity contribution >= 4 is 17.1 Å². The molecule has 0 aliphatic heterocycles. The van der Waals surface area contributed by atoms with E-state index in [1.165, 1.54) is 5.69 Å². The quantitative estimate of drug-likeness (QED) is 0.822. The number of nitrogens with one attached hydrogen (secondary N) is 2. The van der Waals surface area contributed by atoms with Gasteiger partial charge in [-0.2, -0.15) is 0 Å². The van der Waals surface area contributed by atoms with Gasteiger partial charge < -0.3 is 10.3 Å². The fraction of sp³-hybridized carbons (Fsp3) is 0.267. The maximum absolute atomic E-state index is 4.03. The summed E-state index contributed by atoms with van der Waals surface area (Å²) in [4.78, 5) is 6.09. The molecule has 2 rings (SSSR count). The number of anilines is 3. The van der Waals surface area contributed by atoms with Crippen LogP contribution < -0.4 is 15.8 Å². The van der Waals surface area contributed by atoms with E-state index in [1.807, 2.05) is 52.2 Å². The molecule has 0 atom stereocenters. The molecule has 0 spiro atoms. The third-order valence-corrected chi connectivity index (χ3v) is 2.40. The Hall–Kier alpha value is -2.23. The second-order valence-corrected chi connectivity index (χ2v) is 3.93. The molecule has 0 amide bonds. The lowest BCUT2D eigenvalue weighted by molar-refractivity contribution is 1.13. The fourth-order valence-electron chi connectivity index (χ4n) is 1.42. The molecule has 0 fully saturated rings. The average Bonchev–Trinajstić information content (AvgIpc) is 2.49. The minimum absolute atomic E-state index is 0.934. The van der Waals surface area contributed by atoms with Crippen LogP contribution in [0, 0.1) is 0 Å². The predicted molar refractivity (Wildman–Crippen MR) is 83.6 cm³/mol. The molecule has 1 aromatic heterocycles. The van der Waals surface area contributed by atoms with Gasteiger partial charge in [0.05, 0.1) is 17.6 Å². The molecule has 19 heavy (non-hydrogen) atoms. The van der Waals surface area contributed by atoms with Crippen molar-refractivity contribution in [2.24, 2.45) is 0 Å². The lowest BCUT2D eigenvalue weighted by Crippen LogP contribution is -2.10. The SMILES string of the molecule is CC.CN(C)c1ccc(NNc2cccnc2)cc1. The van der Waals surface area contributed by atoms with Crippen LogP contribution in [0.3, 0.4) is 0 Å². The van der Waals surface area contributed by atoms with Crippen molar-refractivity contribution in [3.05, 3.63) is 48.8 Å². The largest absolute Gasteiger partial charge is 0.378 e. The van der Waals surface area contributed by atoms with Crippen molar-refractivity contribution in [1.82, 2.24) is 4.98 Å². The zero-order valence-corrected chi connectivity index (χ0v) is 12.0. The minimum Gasteiger partial charge on any atom is -0.378 e. The highest BCUT2D eigenvalue weighted by Crippen LogP contribution is 2.15. The van der Waals surface area contributed by atoms with Gasteiger partial charge in [0, 0.05) is 26.0 Å². The molecule has 2 N–H and O–H groups in total. The molecule has 102 valence electrons. The van der Waals surface area contributed by atoms with Crippen LogP contribution in [0.15, 0.2) is 48.8 Å². The molecule has 0 aliphatic rings. The van der Waals surface area contributed by atoms with Crippen molar-refractivity contribution in [2.75, 3.05) is 29.8 Å². The molecule has 2 aromatic rings. The topological polar surface area (TPSA) is 40.2 Å². The molecule has 0 saturated heterocycles. The Balaban J connectivity index is 0.000000861. The van der Waals surface area contributed by atoms with E-state index in [1.54, 1.807) is 12.4 Å². The standard InChI is InChI=1S/C13H16N4.C2H6/c1-17(2)13-7-5-11(6-8-13)15-16-12-4-3-9-14-10-12;1-2/h3-10,15-16H,1-2H3;1-2H3. The second kappa shape index (κ2) is 7.97. The van der Waals surface area contributed by atoms with Crippen LogP contribution in [-0.4, -0.2) is 19.1 Å². The number of nitrogens with zero attached hydrogens (tertiary/aromatic N) is 2. The molecule has 0 saturated carbocycles. The normalized spacial score (nSPS) is 9.05. The van der Waals surface area contributed by atoms with E-state index < -0.39 is 0 Å². The number of benzene rings is 1. The van der Waals surface area contributed by atoms with Gasteiger partial charge >= 0.3 is 0 Å². The van der Waals surface area contributed by atoms with Crippen LogP contribution in [0.5, 0.6) is 0 Å².